The number of Topliss-reactive ketones (excluding diaryl/α,β-unsaturated/α-hetero) is 1. The fourth-order valence-corrected chi connectivity index (χ4v) is 4.84. The van der Waals surface area contributed by atoms with Gasteiger partial charge in [-0.1, -0.05) is 36.4 Å². The summed E-state index contributed by atoms with van der Waals surface area (Å²) < 4.78 is 34.3. The molecular formula is C25H23NO5S. The second-order valence-electron chi connectivity index (χ2n) is 8.46. The zero-order chi connectivity index (χ0) is 22.5. The fourth-order valence-electron chi connectivity index (χ4n) is 4.28. The highest BCUT2D eigenvalue weighted by Crippen LogP contribution is 2.51. The molecule has 0 bridgehead atoms. The second-order valence-corrected chi connectivity index (χ2v) is 10.0. The number of nitrogens with two attached hydrogens (primary N) is 1. The van der Waals surface area contributed by atoms with E-state index in [4.69, 9.17) is 14.6 Å². The number of carbonyl (C=O) groups excluding carboxylic acids is 1. The van der Waals surface area contributed by atoms with E-state index < -0.39 is 15.4 Å². The molecule has 0 radical (unpaired) electrons. The van der Waals surface area contributed by atoms with Gasteiger partial charge in [0.25, 0.3) is 0 Å². The average molecular weight is 450 g/mol. The van der Waals surface area contributed by atoms with Gasteiger partial charge in [-0.15, -0.1) is 0 Å². The Morgan fingerprint density at radius 2 is 1.72 bits per heavy atom. The minimum Gasteiger partial charge on any atom is -0.454 e. The van der Waals surface area contributed by atoms with Crippen LogP contribution in [0.25, 0.3) is 11.1 Å². The van der Waals surface area contributed by atoms with Crippen LogP contribution in [0.3, 0.4) is 0 Å². The van der Waals surface area contributed by atoms with E-state index in [9.17, 15) is 13.2 Å². The fraction of sp³-hybridized carbons (Fsp3) is 0.240. The number of hydrogen-bond donors (Lipinski definition) is 1. The SMILES string of the molecule is Cc1ccc(-c2cccc(S(N)(=O)=O)c2)cc1CC(=O)C1(c2ccc3c(c2)OCO3)CC1. The van der Waals surface area contributed by atoms with Crippen LogP contribution in [-0.2, 0) is 26.7 Å². The van der Waals surface area contributed by atoms with Crippen molar-refractivity contribution in [3.05, 3.63) is 77.4 Å². The van der Waals surface area contributed by atoms with Crippen LogP contribution in [0.4, 0.5) is 0 Å². The summed E-state index contributed by atoms with van der Waals surface area (Å²) in [7, 11) is -3.79. The molecule has 164 valence electrons. The highest BCUT2D eigenvalue weighted by Gasteiger charge is 2.50. The molecule has 1 aliphatic heterocycles. The van der Waals surface area contributed by atoms with Gasteiger partial charge in [0.15, 0.2) is 11.5 Å². The molecule has 5 rings (SSSR count). The molecule has 0 atom stereocenters. The number of ketones is 1. The maximum atomic E-state index is 13.4. The minimum atomic E-state index is -3.79. The number of carbonyl (C=O) groups is 1. The lowest BCUT2D eigenvalue weighted by Crippen LogP contribution is -2.22. The van der Waals surface area contributed by atoms with E-state index >= 15 is 0 Å². The molecule has 7 heteroatoms. The molecule has 0 saturated heterocycles. The minimum absolute atomic E-state index is 0.0629. The lowest BCUT2D eigenvalue weighted by atomic mass is 9.86. The Balaban J connectivity index is 1.43. The largest absolute Gasteiger partial charge is 0.454 e. The maximum absolute atomic E-state index is 13.4. The molecule has 1 heterocycles. The van der Waals surface area contributed by atoms with Crippen LogP contribution in [0.2, 0.25) is 0 Å². The molecular weight excluding hydrogens is 426 g/mol. The number of fused-ring (bicyclic) bond motifs is 1. The van der Waals surface area contributed by atoms with Gasteiger partial charge in [-0.3, -0.25) is 4.79 Å². The number of hydrogen-bond acceptors (Lipinski definition) is 5. The number of ether oxygens (including phenoxy) is 2. The first kappa shape index (κ1) is 20.7. The molecule has 6 nitrogen and oxygen atoms in total. The monoisotopic (exact) mass is 449 g/mol. The van der Waals surface area contributed by atoms with Crippen molar-refractivity contribution in [1.82, 2.24) is 0 Å². The molecule has 2 aliphatic rings. The zero-order valence-electron chi connectivity index (χ0n) is 17.6. The molecule has 2 N–H and O–H groups in total. The first-order chi connectivity index (χ1) is 15.3. The van der Waals surface area contributed by atoms with Gasteiger partial charge < -0.3 is 9.47 Å². The van der Waals surface area contributed by atoms with Crippen LogP contribution in [0.15, 0.2) is 65.6 Å². The van der Waals surface area contributed by atoms with Crippen molar-refractivity contribution >= 4 is 15.8 Å². The Labute approximate surface area is 187 Å². The summed E-state index contributed by atoms with van der Waals surface area (Å²) in [5.74, 6) is 1.58. The Bertz CT molecular complexity index is 1340. The van der Waals surface area contributed by atoms with Crippen molar-refractivity contribution in [2.45, 2.75) is 36.5 Å². The first-order valence-electron chi connectivity index (χ1n) is 10.4. The summed E-state index contributed by atoms with van der Waals surface area (Å²) in [5, 5.41) is 5.28. The first-order valence-corrected chi connectivity index (χ1v) is 12.0. The van der Waals surface area contributed by atoms with Crippen LogP contribution >= 0.6 is 0 Å². The summed E-state index contributed by atoms with van der Waals surface area (Å²) in [4.78, 5) is 13.5. The Morgan fingerprint density at radius 1 is 0.969 bits per heavy atom. The normalized spacial score (nSPS) is 16.1. The maximum Gasteiger partial charge on any atom is 0.238 e. The van der Waals surface area contributed by atoms with Crippen LogP contribution in [0.1, 0.15) is 29.5 Å². The van der Waals surface area contributed by atoms with Gasteiger partial charge in [-0.05, 0) is 71.8 Å². The van der Waals surface area contributed by atoms with Crippen LogP contribution in [0.5, 0.6) is 11.5 Å². The van der Waals surface area contributed by atoms with Crippen LogP contribution < -0.4 is 14.6 Å². The second kappa shape index (κ2) is 7.46. The van der Waals surface area contributed by atoms with Crippen molar-refractivity contribution < 1.29 is 22.7 Å². The van der Waals surface area contributed by atoms with Gasteiger partial charge in [-0.2, -0.15) is 0 Å². The summed E-state index contributed by atoms with van der Waals surface area (Å²) in [6.45, 7) is 2.19. The molecule has 0 aromatic heterocycles. The average Bonchev–Trinajstić information content (AvgIpc) is 3.45. The molecule has 1 aliphatic carbocycles. The molecule has 1 saturated carbocycles. The van der Waals surface area contributed by atoms with Gasteiger partial charge >= 0.3 is 0 Å². The van der Waals surface area contributed by atoms with E-state index in [0.717, 1.165) is 40.7 Å². The number of benzene rings is 3. The lowest BCUT2D eigenvalue weighted by molar-refractivity contribution is -0.120. The summed E-state index contributed by atoms with van der Waals surface area (Å²) in [6, 6.07) is 18.1. The van der Waals surface area contributed by atoms with Gasteiger partial charge in [-0.25, -0.2) is 13.6 Å². The van der Waals surface area contributed by atoms with E-state index in [1.165, 1.54) is 6.07 Å². The molecule has 1 fully saturated rings. The molecule has 32 heavy (non-hydrogen) atoms. The predicted octanol–water partition coefficient (Wildman–Crippen LogP) is 3.88. The summed E-state index contributed by atoms with van der Waals surface area (Å²) >= 11 is 0. The summed E-state index contributed by atoms with van der Waals surface area (Å²) in [6.07, 6.45) is 1.95. The van der Waals surface area contributed by atoms with Crippen LogP contribution in [0, 0.1) is 6.92 Å². The Hall–Kier alpha value is -3.16. The van der Waals surface area contributed by atoms with E-state index in [2.05, 4.69) is 0 Å². The van der Waals surface area contributed by atoms with E-state index in [-0.39, 0.29) is 17.5 Å². The summed E-state index contributed by atoms with van der Waals surface area (Å²) in [5.41, 5.74) is 4.03. The lowest BCUT2D eigenvalue weighted by Gasteiger charge is -2.17. The third-order valence-electron chi connectivity index (χ3n) is 6.40. The molecule has 3 aromatic carbocycles. The van der Waals surface area contributed by atoms with Gasteiger partial charge in [0.2, 0.25) is 16.8 Å². The van der Waals surface area contributed by atoms with Gasteiger partial charge in [0.1, 0.15) is 5.78 Å². The van der Waals surface area contributed by atoms with Crippen molar-refractivity contribution in [3.63, 3.8) is 0 Å². The number of aryl methyl sites for hydroxylation is 1. The predicted molar refractivity (Wildman–Crippen MR) is 120 cm³/mol. The van der Waals surface area contributed by atoms with Gasteiger partial charge in [0.05, 0.1) is 10.3 Å². The number of sulfonamides is 1. The number of primary sulfonamides is 1. The quantitative estimate of drug-likeness (QED) is 0.616. The van der Waals surface area contributed by atoms with Gasteiger partial charge in [0, 0.05) is 6.42 Å². The molecule has 3 aromatic rings. The standard InChI is InChI=1S/C25H23NO5S/c1-16-5-6-18(17-3-2-4-21(12-17)32(26,28)29)11-19(16)13-24(27)25(9-10-25)20-7-8-22-23(14-20)31-15-30-22/h2-8,11-12,14H,9-10,13,15H2,1H3,(H2,26,28,29). The topological polar surface area (TPSA) is 95.7 Å². The molecule has 0 amide bonds. The van der Waals surface area contributed by atoms with E-state index in [1.807, 2.05) is 49.4 Å². The van der Waals surface area contributed by atoms with Crippen LogP contribution in [-0.4, -0.2) is 21.0 Å². The Kier molecular flexibility index (Phi) is 4.83. The zero-order valence-corrected chi connectivity index (χ0v) is 18.4. The number of rotatable bonds is 6. The van der Waals surface area contributed by atoms with Crippen molar-refractivity contribution in [2.24, 2.45) is 5.14 Å². The highest BCUT2D eigenvalue weighted by atomic mass is 32.2. The van der Waals surface area contributed by atoms with Crippen molar-refractivity contribution in [2.75, 3.05) is 6.79 Å². The smallest absolute Gasteiger partial charge is 0.238 e. The molecule has 0 unspecified atom stereocenters. The van der Waals surface area contributed by atoms with Crippen molar-refractivity contribution in [3.8, 4) is 22.6 Å². The Morgan fingerprint density at radius 3 is 2.47 bits per heavy atom. The van der Waals surface area contributed by atoms with E-state index in [0.29, 0.717) is 17.9 Å². The molecule has 0 spiro atoms. The van der Waals surface area contributed by atoms with E-state index in [1.54, 1.807) is 12.1 Å². The third kappa shape index (κ3) is 3.67. The van der Waals surface area contributed by atoms with Crippen molar-refractivity contribution in [1.29, 1.82) is 0 Å². The third-order valence-corrected chi connectivity index (χ3v) is 7.32. The highest BCUT2D eigenvalue weighted by molar-refractivity contribution is 7.89.